The van der Waals surface area contributed by atoms with Crippen molar-refractivity contribution >= 4 is 12.2 Å². The molecule has 0 aliphatic carbocycles. The van der Waals surface area contributed by atoms with Gasteiger partial charge in [-0.05, 0) is 6.92 Å². The zero-order valence-corrected chi connectivity index (χ0v) is 7.78. The van der Waals surface area contributed by atoms with Crippen molar-refractivity contribution in [3.05, 3.63) is 11.5 Å². The second-order valence-electron chi connectivity index (χ2n) is 2.39. The maximum absolute atomic E-state index is 10.1. The molecule has 0 aliphatic rings. The molecule has 0 aliphatic heterocycles. The molecule has 0 aromatic rings. The van der Waals surface area contributed by atoms with E-state index < -0.39 is 5.97 Å². The molecule has 13 heavy (non-hydrogen) atoms. The van der Waals surface area contributed by atoms with Crippen LogP contribution in [0.5, 0.6) is 0 Å². The first-order valence-corrected chi connectivity index (χ1v) is 3.81. The van der Waals surface area contributed by atoms with E-state index in [-0.39, 0.29) is 13.0 Å². The van der Waals surface area contributed by atoms with E-state index in [0.29, 0.717) is 11.5 Å². The Labute approximate surface area is 76.9 Å². The summed E-state index contributed by atoms with van der Waals surface area (Å²) < 4.78 is 5.05. The van der Waals surface area contributed by atoms with Gasteiger partial charge in [0.1, 0.15) is 5.76 Å². The molecule has 0 unspecified atom stereocenters. The quantitative estimate of drug-likeness (QED) is 0.479. The number of hydrogen-bond donors (Lipinski definition) is 2. The van der Waals surface area contributed by atoms with Crippen LogP contribution in [-0.4, -0.2) is 30.9 Å². The summed E-state index contributed by atoms with van der Waals surface area (Å²) in [5.74, 6) is -0.401. The van der Waals surface area contributed by atoms with Crippen molar-refractivity contribution in [3.8, 4) is 0 Å². The van der Waals surface area contributed by atoms with E-state index in [2.05, 4.69) is 4.99 Å². The predicted molar refractivity (Wildman–Crippen MR) is 49.5 cm³/mol. The molecule has 0 bridgehead atoms. The van der Waals surface area contributed by atoms with Crippen LogP contribution in [0.25, 0.3) is 0 Å². The van der Waals surface area contributed by atoms with Gasteiger partial charge in [0.15, 0.2) is 0 Å². The molecule has 0 rings (SSSR count). The van der Waals surface area contributed by atoms with Crippen LogP contribution in [0.4, 0.5) is 0 Å². The molecule has 0 aromatic heterocycles. The van der Waals surface area contributed by atoms with Crippen molar-refractivity contribution in [1.29, 1.82) is 0 Å². The van der Waals surface area contributed by atoms with Crippen LogP contribution < -0.4 is 5.73 Å². The molecule has 0 radical (unpaired) electrons. The lowest BCUT2D eigenvalue weighted by Gasteiger charge is -2.05. The van der Waals surface area contributed by atoms with Crippen LogP contribution in [0.2, 0.25) is 0 Å². The highest BCUT2D eigenvalue weighted by molar-refractivity contribution is 5.77. The summed E-state index contributed by atoms with van der Waals surface area (Å²) in [6.45, 7) is 1.79. The Morgan fingerprint density at radius 2 is 2.31 bits per heavy atom. The molecular formula is C8H14N2O3. The van der Waals surface area contributed by atoms with Crippen LogP contribution >= 0.6 is 0 Å². The Bertz CT molecular complexity index is 234. The third-order valence-corrected chi connectivity index (χ3v) is 1.31. The molecular weight excluding hydrogens is 172 g/mol. The third kappa shape index (κ3) is 5.72. The van der Waals surface area contributed by atoms with Gasteiger partial charge in [0.2, 0.25) is 0 Å². The molecule has 0 heterocycles. The van der Waals surface area contributed by atoms with Crippen LogP contribution in [0, 0.1) is 0 Å². The van der Waals surface area contributed by atoms with Gasteiger partial charge in [-0.2, -0.15) is 0 Å². The summed E-state index contributed by atoms with van der Waals surface area (Å²) in [7, 11) is 1.59. The lowest BCUT2D eigenvalue weighted by molar-refractivity contribution is -0.137. The molecule has 5 nitrogen and oxygen atoms in total. The second kappa shape index (κ2) is 6.05. The minimum atomic E-state index is -0.893. The van der Waals surface area contributed by atoms with Crippen LogP contribution in [0.15, 0.2) is 16.4 Å². The van der Waals surface area contributed by atoms with Crippen molar-refractivity contribution in [2.24, 2.45) is 10.7 Å². The number of carboxylic acid groups (broad SMARTS) is 1. The second-order valence-corrected chi connectivity index (χ2v) is 2.39. The maximum atomic E-state index is 10.1. The Hall–Kier alpha value is -1.52. The zero-order chi connectivity index (χ0) is 10.3. The molecule has 0 saturated heterocycles. The number of carboxylic acids is 1. The van der Waals surface area contributed by atoms with E-state index in [1.165, 1.54) is 6.21 Å². The Kier molecular flexibility index (Phi) is 5.34. The molecule has 0 saturated carbocycles. The average Bonchev–Trinajstić information content (AvgIpc) is 2.04. The summed E-state index contributed by atoms with van der Waals surface area (Å²) in [5, 5.41) is 8.31. The molecule has 5 heteroatoms. The number of rotatable bonds is 5. The summed E-state index contributed by atoms with van der Waals surface area (Å²) in [4.78, 5) is 13.8. The molecule has 0 amide bonds. The highest BCUT2D eigenvalue weighted by atomic mass is 16.5. The molecule has 0 spiro atoms. The highest BCUT2D eigenvalue weighted by Crippen LogP contribution is 1.99. The molecule has 3 N–H and O–H groups in total. The standard InChI is InChI=1S/C8H14N2O3/c1-6(7(9)5-10-2)13-4-3-8(11)12/h5H,3-4,9H2,1-2H3,(H,11,12)/b7-6-,10-5-. The van der Waals surface area contributed by atoms with Gasteiger partial charge in [0.25, 0.3) is 0 Å². The number of nitrogens with two attached hydrogens (primary N) is 1. The van der Waals surface area contributed by atoms with Crippen molar-refractivity contribution in [3.63, 3.8) is 0 Å². The fourth-order valence-electron chi connectivity index (χ4n) is 0.605. The predicted octanol–water partition coefficient (Wildman–Crippen LogP) is 0.369. The molecule has 74 valence electrons. The first kappa shape index (κ1) is 11.5. The summed E-state index contributed by atoms with van der Waals surface area (Å²) in [6.07, 6.45) is 1.42. The van der Waals surface area contributed by atoms with E-state index in [4.69, 9.17) is 15.6 Å². The Morgan fingerprint density at radius 3 is 2.77 bits per heavy atom. The molecule has 0 aromatic carbocycles. The summed E-state index contributed by atoms with van der Waals surface area (Å²) >= 11 is 0. The lowest BCUT2D eigenvalue weighted by Crippen LogP contribution is -2.07. The Balaban J connectivity index is 3.91. The Morgan fingerprint density at radius 1 is 1.69 bits per heavy atom. The third-order valence-electron chi connectivity index (χ3n) is 1.31. The monoisotopic (exact) mass is 186 g/mol. The molecule has 0 atom stereocenters. The summed E-state index contributed by atoms with van der Waals surface area (Å²) in [5.41, 5.74) is 5.91. The minimum absolute atomic E-state index is 0.0338. The van der Waals surface area contributed by atoms with Gasteiger partial charge in [-0.1, -0.05) is 0 Å². The van der Waals surface area contributed by atoms with Gasteiger partial charge < -0.3 is 15.6 Å². The van der Waals surface area contributed by atoms with E-state index in [0.717, 1.165) is 0 Å². The summed E-state index contributed by atoms with van der Waals surface area (Å²) in [6, 6.07) is 0. The number of allylic oxidation sites excluding steroid dienone is 2. The van der Waals surface area contributed by atoms with Crippen molar-refractivity contribution < 1.29 is 14.6 Å². The SMILES string of the molecule is C/N=C\C(N)=C(/C)OCCC(=O)O. The normalized spacial score (nSPS) is 12.8. The smallest absolute Gasteiger partial charge is 0.306 e. The van der Waals surface area contributed by atoms with Gasteiger partial charge in [-0.15, -0.1) is 0 Å². The number of hydrogen-bond acceptors (Lipinski definition) is 4. The molecule has 0 fully saturated rings. The van der Waals surface area contributed by atoms with Gasteiger partial charge in [0, 0.05) is 13.3 Å². The van der Waals surface area contributed by atoms with Crippen molar-refractivity contribution in [2.75, 3.05) is 13.7 Å². The number of ether oxygens (including phenoxy) is 1. The minimum Gasteiger partial charge on any atom is -0.495 e. The van der Waals surface area contributed by atoms with Crippen LogP contribution in [0.3, 0.4) is 0 Å². The first-order valence-electron chi connectivity index (χ1n) is 3.81. The van der Waals surface area contributed by atoms with Gasteiger partial charge in [-0.3, -0.25) is 9.79 Å². The van der Waals surface area contributed by atoms with Crippen molar-refractivity contribution in [1.82, 2.24) is 0 Å². The number of aliphatic imine (C=N–C) groups is 1. The fraction of sp³-hybridized carbons (Fsp3) is 0.500. The highest BCUT2D eigenvalue weighted by Gasteiger charge is 1.99. The van der Waals surface area contributed by atoms with E-state index in [1.807, 2.05) is 0 Å². The number of aliphatic carboxylic acids is 1. The average molecular weight is 186 g/mol. The number of nitrogens with zero attached hydrogens (tertiary/aromatic N) is 1. The first-order chi connectivity index (χ1) is 6.07. The van der Waals surface area contributed by atoms with E-state index in [9.17, 15) is 4.79 Å². The number of carbonyl (C=O) groups is 1. The van der Waals surface area contributed by atoms with Gasteiger partial charge in [0.05, 0.1) is 18.7 Å². The van der Waals surface area contributed by atoms with E-state index in [1.54, 1.807) is 14.0 Å². The van der Waals surface area contributed by atoms with Gasteiger partial charge >= 0.3 is 5.97 Å². The van der Waals surface area contributed by atoms with Crippen LogP contribution in [-0.2, 0) is 9.53 Å². The largest absolute Gasteiger partial charge is 0.495 e. The van der Waals surface area contributed by atoms with Crippen molar-refractivity contribution in [2.45, 2.75) is 13.3 Å². The van der Waals surface area contributed by atoms with Crippen LogP contribution in [0.1, 0.15) is 13.3 Å². The maximum Gasteiger partial charge on any atom is 0.306 e. The topological polar surface area (TPSA) is 84.9 Å². The zero-order valence-electron chi connectivity index (χ0n) is 7.78. The lowest BCUT2D eigenvalue weighted by atomic mass is 10.4. The van der Waals surface area contributed by atoms with E-state index >= 15 is 0 Å². The fourth-order valence-corrected chi connectivity index (χ4v) is 0.605. The van der Waals surface area contributed by atoms with Gasteiger partial charge in [-0.25, -0.2) is 0 Å².